The van der Waals surface area contributed by atoms with Crippen molar-refractivity contribution >= 4 is 46.1 Å². The second kappa shape index (κ2) is 10.3. The number of carbonyl (C=O) groups is 1. The topological polar surface area (TPSA) is 165 Å². The second-order valence-corrected chi connectivity index (χ2v) is 7.62. The number of nitrogens with zero attached hydrogens (tertiary/aromatic N) is 4. The number of hydrogen-bond donors (Lipinski definition) is 3. The molecule has 1 heterocycles. The molecule has 0 saturated heterocycles. The molecule has 1 amide bonds. The first-order chi connectivity index (χ1) is 17.3. The summed E-state index contributed by atoms with van der Waals surface area (Å²) in [5, 5.41) is 31.0. The zero-order valence-corrected chi connectivity index (χ0v) is 18.8. The fraction of sp³-hybridized carbons (Fsp3) is 0.0417. The van der Waals surface area contributed by atoms with Crippen molar-refractivity contribution in [2.45, 2.75) is 6.92 Å². The minimum absolute atomic E-state index is 0.204. The van der Waals surface area contributed by atoms with E-state index in [2.05, 4.69) is 25.9 Å². The number of para-hydroxylation sites is 1. The molecule has 0 saturated carbocycles. The van der Waals surface area contributed by atoms with Crippen LogP contribution in [0.3, 0.4) is 0 Å². The van der Waals surface area contributed by atoms with Gasteiger partial charge in [-0.05, 0) is 43.3 Å². The lowest BCUT2D eigenvalue weighted by molar-refractivity contribution is -0.394. The molecule has 4 aromatic rings. The average molecular weight is 485 g/mol. The largest absolute Gasteiger partial charge is 0.340 e. The molecule has 0 aliphatic carbocycles. The lowest BCUT2D eigenvalue weighted by Crippen LogP contribution is -2.12. The van der Waals surface area contributed by atoms with Gasteiger partial charge in [0.1, 0.15) is 5.82 Å². The van der Waals surface area contributed by atoms with Gasteiger partial charge in [0.05, 0.1) is 21.5 Å². The molecule has 0 aliphatic rings. The Morgan fingerprint density at radius 2 is 1.33 bits per heavy atom. The van der Waals surface area contributed by atoms with E-state index in [0.717, 1.165) is 29.6 Å². The summed E-state index contributed by atoms with van der Waals surface area (Å²) in [6.07, 6.45) is 0. The van der Waals surface area contributed by atoms with Crippen LogP contribution in [0, 0.1) is 27.2 Å². The van der Waals surface area contributed by atoms with E-state index in [1.807, 2.05) is 43.3 Å². The van der Waals surface area contributed by atoms with Crippen LogP contribution in [0.15, 0.2) is 78.9 Å². The maximum absolute atomic E-state index is 12.6. The quantitative estimate of drug-likeness (QED) is 0.220. The number of amides is 1. The van der Waals surface area contributed by atoms with E-state index in [1.165, 1.54) is 0 Å². The maximum atomic E-state index is 12.6. The van der Waals surface area contributed by atoms with Crippen LogP contribution >= 0.6 is 0 Å². The van der Waals surface area contributed by atoms with Crippen LogP contribution in [0.1, 0.15) is 16.1 Å². The lowest BCUT2D eigenvalue weighted by atomic mass is 10.1. The molecule has 0 atom stereocenters. The highest BCUT2D eigenvalue weighted by atomic mass is 16.6. The monoisotopic (exact) mass is 485 g/mol. The van der Waals surface area contributed by atoms with Crippen LogP contribution in [-0.2, 0) is 0 Å². The number of anilines is 5. The minimum atomic E-state index is -0.793. The zero-order chi connectivity index (χ0) is 25.7. The molecule has 0 bridgehead atoms. The molecule has 0 radical (unpaired) electrons. The smallest absolute Gasteiger partial charge is 0.277 e. The van der Waals surface area contributed by atoms with Gasteiger partial charge in [0.2, 0.25) is 5.95 Å². The summed E-state index contributed by atoms with van der Waals surface area (Å²) in [4.78, 5) is 41.9. The van der Waals surface area contributed by atoms with Crippen LogP contribution in [0.2, 0.25) is 0 Å². The molecule has 0 aliphatic heterocycles. The first-order valence-corrected chi connectivity index (χ1v) is 10.6. The Labute approximate surface area is 204 Å². The third-order valence-corrected chi connectivity index (χ3v) is 4.89. The Bertz CT molecular complexity index is 1410. The number of nitrogens with one attached hydrogen (secondary N) is 3. The highest BCUT2D eigenvalue weighted by Gasteiger charge is 2.20. The summed E-state index contributed by atoms with van der Waals surface area (Å²) < 4.78 is 0. The number of rotatable bonds is 8. The second-order valence-electron chi connectivity index (χ2n) is 7.62. The molecule has 0 fully saturated rings. The molecule has 36 heavy (non-hydrogen) atoms. The Hall–Kier alpha value is -5.39. The maximum Gasteiger partial charge on any atom is 0.277 e. The summed E-state index contributed by atoms with van der Waals surface area (Å²) in [6.45, 7) is 1.85. The predicted octanol–water partition coefficient (Wildman–Crippen LogP) is 5.34. The molecule has 3 N–H and O–H groups in total. The van der Waals surface area contributed by atoms with Gasteiger partial charge in [0, 0.05) is 41.0 Å². The molecule has 3 aromatic carbocycles. The van der Waals surface area contributed by atoms with E-state index < -0.39 is 27.1 Å². The van der Waals surface area contributed by atoms with E-state index in [-0.39, 0.29) is 5.56 Å². The third-order valence-electron chi connectivity index (χ3n) is 4.89. The van der Waals surface area contributed by atoms with E-state index >= 15 is 0 Å². The van der Waals surface area contributed by atoms with Gasteiger partial charge in [0.15, 0.2) is 0 Å². The van der Waals surface area contributed by atoms with Crippen LogP contribution in [0.25, 0.3) is 0 Å². The Morgan fingerprint density at radius 3 is 1.94 bits per heavy atom. The molecule has 1 aromatic heterocycles. The van der Waals surface area contributed by atoms with Gasteiger partial charge in [-0.1, -0.05) is 18.2 Å². The first-order valence-electron chi connectivity index (χ1n) is 10.6. The normalized spacial score (nSPS) is 10.4. The number of nitro benzene ring substituents is 2. The lowest BCUT2D eigenvalue weighted by Gasteiger charge is -2.11. The summed E-state index contributed by atoms with van der Waals surface area (Å²) in [5.74, 6) is 0.265. The molecule has 12 nitrogen and oxygen atoms in total. The number of carbonyl (C=O) groups excluding carboxylic acids is 1. The fourth-order valence-corrected chi connectivity index (χ4v) is 3.26. The van der Waals surface area contributed by atoms with Crippen LogP contribution in [-0.4, -0.2) is 25.7 Å². The van der Waals surface area contributed by atoms with E-state index in [1.54, 1.807) is 24.3 Å². The zero-order valence-electron chi connectivity index (χ0n) is 18.8. The van der Waals surface area contributed by atoms with E-state index in [9.17, 15) is 25.0 Å². The summed E-state index contributed by atoms with van der Waals surface area (Å²) >= 11 is 0. The van der Waals surface area contributed by atoms with Crippen molar-refractivity contribution in [2.24, 2.45) is 0 Å². The first kappa shape index (κ1) is 23.8. The van der Waals surface area contributed by atoms with Crippen molar-refractivity contribution in [3.8, 4) is 0 Å². The number of non-ortho nitro benzene ring substituents is 2. The summed E-state index contributed by atoms with van der Waals surface area (Å²) in [6, 6.07) is 20.7. The highest BCUT2D eigenvalue weighted by molar-refractivity contribution is 6.05. The van der Waals surface area contributed by atoms with Crippen molar-refractivity contribution in [2.75, 3.05) is 16.0 Å². The van der Waals surface area contributed by atoms with Gasteiger partial charge in [-0.25, -0.2) is 4.98 Å². The molecular weight excluding hydrogens is 466 g/mol. The summed E-state index contributed by atoms with van der Waals surface area (Å²) in [7, 11) is 0. The number of aromatic nitrogens is 2. The SMILES string of the molecule is Cc1cc(Nc2ccccc2)nc(Nc2ccc(NC(=O)c3cc([N+](=O)[O-])cc([N+](=O)[O-])c3)cc2)n1. The van der Waals surface area contributed by atoms with Gasteiger partial charge in [-0.3, -0.25) is 25.0 Å². The number of nitro groups is 2. The van der Waals surface area contributed by atoms with E-state index in [4.69, 9.17) is 0 Å². The predicted molar refractivity (Wildman–Crippen MR) is 134 cm³/mol. The molecular formula is C24H19N7O5. The average Bonchev–Trinajstić information content (AvgIpc) is 2.85. The van der Waals surface area contributed by atoms with Gasteiger partial charge >= 0.3 is 0 Å². The van der Waals surface area contributed by atoms with E-state index in [0.29, 0.717) is 23.1 Å². The standard InChI is InChI=1S/C24H19N7O5/c1-15-11-22(26-17-5-3-2-4-6-17)29-24(25-15)28-19-9-7-18(8-10-19)27-23(32)16-12-20(30(33)34)14-21(13-16)31(35)36/h2-14H,1H3,(H,27,32)(H2,25,26,28,29). The fourth-order valence-electron chi connectivity index (χ4n) is 3.26. The molecule has 12 heteroatoms. The van der Waals surface area contributed by atoms with Crippen molar-refractivity contribution in [1.82, 2.24) is 9.97 Å². The van der Waals surface area contributed by atoms with Crippen molar-refractivity contribution in [3.05, 3.63) is 110 Å². The third kappa shape index (κ3) is 5.94. The molecule has 0 spiro atoms. The molecule has 180 valence electrons. The number of aryl methyl sites for hydroxylation is 1. The molecule has 4 rings (SSSR count). The number of hydrogen-bond acceptors (Lipinski definition) is 9. The summed E-state index contributed by atoms with van der Waals surface area (Å²) in [5.41, 5.74) is 1.37. The Balaban J connectivity index is 1.46. The van der Waals surface area contributed by atoms with Crippen LogP contribution < -0.4 is 16.0 Å². The van der Waals surface area contributed by atoms with Crippen molar-refractivity contribution in [1.29, 1.82) is 0 Å². The number of benzene rings is 3. The highest BCUT2D eigenvalue weighted by Crippen LogP contribution is 2.24. The Kier molecular flexibility index (Phi) is 6.77. The van der Waals surface area contributed by atoms with Crippen LogP contribution in [0.4, 0.5) is 40.2 Å². The van der Waals surface area contributed by atoms with Crippen molar-refractivity contribution in [3.63, 3.8) is 0 Å². The minimum Gasteiger partial charge on any atom is -0.340 e. The van der Waals surface area contributed by atoms with Gasteiger partial charge in [0.25, 0.3) is 17.3 Å². The van der Waals surface area contributed by atoms with Gasteiger partial charge < -0.3 is 16.0 Å². The van der Waals surface area contributed by atoms with Crippen LogP contribution in [0.5, 0.6) is 0 Å². The Morgan fingerprint density at radius 1 is 0.750 bits per heavy atom. The molecule has 0 unspecified atom stereocenters. The van der Waals surface area contributed by atoms with Gasteiger partial charge in [-0.15, -0.1) is 0 Å². The van der Waals surface area contributed by atoms with Gasteiger partial charge in [-0.2, -0.15) is 4.98 Å². The van der Waals surface area contributed by atoms with Crippen molar-refractivity contribution < 1.29 is 14.6 Å².